The van der Waals surface area contributed by atoms with Gasteiger partial charge in [0.25, 0.3) is 5.91 Å². The number of halogens is 2. The number of hydrogen-bond donors (Lipinski definition) is 3. The number of anilines is 1. The fourth-order valence-electron chi connectivity index (χ4n) is 2.58. The molecule has 2 aromatic carbocycles. The second-order valence-corrected chi connectivity index (χ2v) is 7.40. The molecule has 3 aromatic rings. The van der Waals surface area contributed by atoms with Crippen molar-refractivity contribution in [1.82, 2.24) is 10.7 Å². The van der Waals surface area contributed by atoms with Gasteiger partial charge in [-0.25, -0.2) is 5.43 Å². The number of benzene rings is 2. The molecule has 0 saturated heterocycles. The SMILES string of the molecule is COc1ccc(C(=O)N/N=C\c2ccc(CNC(=O)C(=O)Nc3cc(Cl)cc(Cl)c3)o2)cc1. The average Bonchev–Trinajstić information content (AvgIpc) is 3.24. The van der Waals surface area contributed by atoms with Crippen LogP contribution in [-0.2, 0) is 16.1 Å². The predicted octanol–water partition coefficient (Wildman–Crippen LogP) is 3.61. The molecule has 11 heteroatoms. The van der Waals surface area contributed by atoms with Gasteiger partial charge in [-0.2, -0.15) is 5.10 Å². The molecule has 3 N–H and O–H groups in total. The van der Waals surface area contributed by atoms with Crippen molar-refractivity contribution in [1.29, 1.82) is 0 Å². The third-order valence-electron chi connectivity index (χ3n) is 4.14. The summed E-state index contributed by atoms with van der Waals surface area (Å²) in [5, 5.41) is 9.32. The van der Waals surface area contributed by atoms with E-state index in [0.29, 0.717) is 38.6 Å². The van der Waals surface area contributed by atoms with Gasteiger partial charge in [-0.3, -0.25) is 14.4 Å². The number of nitrogens with zero attached hydrogens (tertiary/aromatic N) is 1. The van der Waals surface area contributed by atoms with Gasteiger partial charge in [0, 0.05) is 21.3 Å². The maximum Gasteiger partial charge on any atom is 0.313 e. The van der Waals surface area contributed by atoms with Crippen LogP contribution in [0.25, 0.3) is 0 Å². The standard InChI is InChI=1S/C22H18Cl2N4O5/c1-32-17-4-2-13(3-5-17)20(29)28-26-12-19-7-6-18(33-19)11-25-21(30)22(31)27-16-9-14(23)8-15(24)10-16/h2-10,12H,11H2,1H3,(H,25,30)(H,27,31)(H,28,29)/b26-12-. The Kier molecular flexibility index (Phi) is 8.06. The molecule has 0 aliphatic carbocycles. The molecular formula is C22H18Cl2N4O5. The molecule has 3 rings (SSSR count). The van der Waals surface area contributed by atoms with E-state index in [0.717, 1.165) is 0 Å². The fourth-order valence-corrected chi connectivity index (χ4v) is 3.11. The predicted molar refractivity (Wildman–Crippen MR) is 124 cm³/mol. The van der Waals surface area contributed by atoms with Gasteiger partial charge in [0.2, 0.25) is 0 Å². The van der Waals surface area contributed by atoms with Crippen molar-refractivity contribution in [2.75, 3.05) is 12.4 Å². The lowest BCUT2D eigenvalue weighted by Crippen LogP contribution is -2.34. The molecule has 0 saturated carbocycles. The van der Waals surface area contributed by atoms with Crippen LogP contribution >= 0.6 is 23.2 Å². The number of hydrazone groups is 1. The molecule has 0 atom stereocenters. The molecule has 3 amide bonds. The lowest BCUT2D eigenvalue weighted by molar-refractivity contribution is -0.136. The summed E-state index contributed by atoms with van der Waals surface area (Å²) in [6.07, 6.45) is 1.31. The van der Waals surface area contributed by atoms with Crippen LogP contribution in [0.4, 0.5) is 5.69 Å². The third kappa shape index (κ3) is 7.09. The zero-order valence-corrected chi connectivity index (χ0v) is 18.7. The van der Waals surface area contributed by atoms with Gasteiger partial charge in [0.1, 0.15) is 17.3 Å². The van der Waals surface area contributed by atoms with E-state index < -0.39 is 17.7 Å². The normalized spacial score (nSPS) is 10.6. The summed E-state index contributed by atoms with van der Waals surface area (Å²) in [7, 11) is 1.54. The number of carbonyl (C=O) groups is 3. The fraction of sp³-hybridized carbons (Fsp3) is 0.0909. The molecule has 0 aliphatic rings. The van der Waals surface area contributed by atoms with Crippen LogP contribution < -0.4 is 20.8 Å². The molecule has 33 heavy (non-hydrogen) atoms. The highest BCUT2D eigenvalue weighted by molar-refractivity contribution is 6.40. The second-order valence-electron chi connectivity index (χ2n) is 6.53. The highest BCUT2D eigenvalue weighted by Gasteiger charge is 2.15. The first kappa shape index (κ1) is 23.8. The van der Waals surface area contributed by atoms with Gasteiger partial charge < -0.3 is 19.8 Å². The van der Waals surface area contributed by atoms with Crippen LogP contribution in [-0.4, -0.2) is 31.0 Å². The van der Waals surface area contributed by atoms with Crippen LogP contribution in [0.5, 0.6) is 5.75 Å². The lowest BCUT2D eigenvalue weighted by Gasteiger charge is -2.06. The monoisotopic (exact) mass is 488 g/mol. The van der Waals surface area contributed by atoms with Gasteiger partial charge in [-0.05, 0) is 54.6 Å². The maximum atomic E-state index is 12.1. The number of methoxy groups -OCH3 is 1. The minimum atomic E-state index is -0.886. The smallest absolute Gasteiger partial charge is 0.313 e. The molecule has 1 aromatic heterocycles. The molecule has 0 spiro atoms. The molecule has 0 aliphatic heterocycles. The van der Waals surface area contributed by atoms with E-state index >= 15 is 0 Å². The van der Waals surface area contributed by atoms with Gasteiger partial charge in [-0.15, -0.1) is 0 Å². The van der Waals surface area contributed by atoms with Crippen LogP contribution in [0.3, 0.4) is 0 Å². The Morgan fingerprint density at radius 3 is 2.36 bits per heavy atom. The van der Waals surface area contributed by atoms with Crippen molar-refractivity contribution < 1.29 is 23.5 Å². The van der Waals surface area contributed by atoms with Crippen molar-refractivity contribution in [2.45, 2.75) is 6.54 Å². The van der Waals surface area contributed by atoms with Crippen molar-refractivity contribution in [3.8, 4) is 5.75 Å². The quantitative estimate of drug-likeness (QED) is 0.266. The number of rotatable bonds is 7. The number of carbonyl (C=O) groups excluding carboxylic acids is 3. The Bertz CT molecular complexity index is 1170. The summed E-state index contributed by atoms with van der Waals surface area (Å²) in [6.45, 7) is -0.0331. The third-order valence-corrected chi connectivity index (χ3v) is 4.58. The van der Waals surface area contributed by atoms with E-state index in [-0.39, 0.29) is 6.54 Å². The van der Waals surface area contributed by atoms with Crippen LogP contribution in [0.15, 0.2) is 64.1 Å². The number of furan rings is 1. The van der Waals surface area contributed by atoms with E-state index in [4.69, 9.17) is 32.4 Å². The summed E-state index contributed by atoms with van der Waals surface area (Å²) in [4.78, 5) is 36.1. The van der Waals surface area contributed by atoms with E-state index in [9.17, 15) is 14.4 Å². The average molecular weight is 489 g/mol. The van der Waals surface area contributed by atoms with Gasteiger partial charge in [0.05, 0.1) is 19.9 Å². The molecule has 170 valence electrons. The van der Waals surface area contributed by atoms with Crippen LogP contribution in [0, 0.1) is 0 Å². The highest BCUT2D eigenvalue weighted by Crippen LogP contribution is 2.22. The van der Waals surface area contributed by atoms with Crippen molar-refractivity contribution >= 4 is 52.8 Å². The molecule has 1 heterocycles. The van der Waals surface area contributed by atoms with Crippen LogP contribution in [0.2, 0.25) is 10.0 Å². The Morgan fingerprint density at radius 1 is 1.00 bits per heavy atom. The number of nitrogens with one attached hydrogen (secondary N) is 3. The molecule has 0 bridgehead atoms. The zero-order chi connectivity index (χ0) is 23.8. The van der Waals surface area contributed by atoms with Gasteiger partial charge in [0.15, 0.2) is 0 Å². The Morgan fingerprint density at radius 2 is 1.70 bits per heavy atom. The summed E-state index contributed by atoms with van der Waals surface area (Å²) in [5.74, 6) is -0.805. The minimum absolute atomic E-state index is 0.0331. The zero-order valence-electron chi connectivity index (χ0n) is 17.2. The van der Waals surface area contributed by atoms with Crippen molar-refractivity contribution in [3.63, 3.8) is 0 Å². The largest absolute Gasteiger partial charge is 0.497 e. The highest BCUT2D eigenvalue weighted by atomic mass is 35.5. The summed E-state index contributed by atoms with van der Waals surface area (Å²) < 4.78 is 10.5. The lowest BCUT2D eigenvalue weighted by atomic mass is 10.2. The molecule has 0 radical (unpaired) electrons. The minimum Gasteiger partial charge on any atom is -0.497 e. The summed E-state index contributed by atoms with van der Waals surface area (Å²) in [5.41, 5.74) is 3.08. The van der Waals surface area contributed by atoms with Gasteiger partial charge >= 0.3 is 11.8 Å². The molecule has 0 unspecified atom stereocenters. The topological polar surface area (TPSA) is 122 Å². The Balaban J connectivity index is 1.47. The first-order valence-corrected chi connectivity index (χ1v) is 10.2. The molecular weight excluding hydrogens is 471 g/mol. The second kappa shape index (κ2) is 11.2. The van der Waals surface area contributed by atoms with E-state index in [2.05, 4.69) is 21.2 Å². The maximum absolute atomic E-state index is 12.1. The number of amides is 3. The summed E-state index contributed by atoms with van der Waals surface area (Å²) in [6, 6.07) is 14.2. The van der Waals surface area contributed by atoms with Gasteiger partial charge in [-0.1, -0.05) is 23.2 Å². The molecule has 9 nitrogen and oxygen atoms in total. The first-order chi connectivity index (χ1) is 15.8. The number of hydrogen-bond acceptors (Lipinski definition) is 6. The van der Waals surface area contributed by atoms with Crippen molar-refractivity contribution in [3.05, 3.63) is 81.7 Å². The number of ether oxygens (including phenoxy) is 1. The van der Waals surface area contributed by atoms with E-state index in [1.165, 1.54) is 31.5 Å². The molecule has 0 fully saturated rings. The van der Waals surface area contributed by atoms with E-state index in [1.54, 1.807) is 36.4 Å². The first-order valence-electron chi connectivity index (χ1n) is 9.45. The van der Waals surface area contributed by atoms with E-state index in [1.807, 2.05) is 0 Å². The summed E-state index contributed by atoms with van der Waals surface area (Å²) >= 11 is 11.7. The Labute approximate surface area is 198 Å². The van der Waals surface area contributed by atoms with Crippen LogP contribution in [0.1, 0.15) is 21.9 Å². The van der Waals surface area contributed by atoms with Crippen molar-refractivity contribution in [2.24, 2.45) is 5.10 Å². The Hall–Kier alpha value is -3.82.